The minimum Gasteiger partial charge on any atom is -0.457 e. The topological polar surface area (TPSA) is 43.6 Å². The highest BCUT2D eigenvalue weighted by atomic mass is 79.9. The van der Waals surface area contributed by atoms with E-state index in [2.05, 4.69) is 20.9 Å². The van der Waals surface area contributed by atoms with Crippen molar-refractivity contribution >= 4 is 27.5 Å². The maximum absolute atomic E-state index is 12.8. The molecule has 20 heavy (non-hydrogen) atoms. The molecule has 1 heterocycles. The molecule has 0 unspecified atom stereocenters. The normalized spacial score (nSPS) is 11.4. The summed E-state index contributed by atoms with van der Waals surface area (Å²) in [6.07, 6.45) is -3.68. The molecule has 0 spiro atoms. The Morgan fingerprint density at radius 2 is 1.95 bits per heavy atom. The van der Waals surface area contributed by atoms with Crippen LogP contribution < -0.4 is 9.72 Å². The summed E-state index contributed by atoms with van der Waals surface area (Å²) in [7, 11) is 0. The molecule has 0 atom stereocenters. The van der Waals surface area contributed by atoms with E-state index in [-0.39, 0.29) is 10.8 Å². The lowest BCUT2D eigenvalue weighted by Crippen LogP contribution is -2.12. The summed E-state index contributed by atoms with van der Waals surface area (Å²) in [4.78, 5) is 2.25. The minimum atomic E-state index is -4.66. The predicted octanol–water partition coefficient (Wildman–Crippen LogP) is 4.43. The van der Waals surface area contributed by atoms with E-state index in [0.29, 0.717) is 4.47 Å². The van der Waals surface area contributed by atoms with Gasteiger partial charge >= 0.3 is 12.1 Å². The van der Waals surface area contributed by atoms with Gasteiger partial charge in [-0.05, 0) is 18.2 Å². The highest BCUT2D eigenvalue weighted by Crippen LogP contribution is 2.41. The molecule has 1 aromatic carbocycles. The van der Waals surface area contributed by atoms with E-state index in [1.807, 2.05) is 0 Å². The van der Waals surface area contributed by atoms with Gasteiger partial charge < -0.3 is 9.84 Å². The van der Waals surface area contributed by atoms with Gasteiger partial charge in [-0.25, -0.2) is 0 Å². The smallest absolute Gasteiger partial charge is 0.420 e. The molecule has 0 radical (unpaired) electrons. The second-order valence-electron chi connectivity index (χ2n) is 3.77. The Hall–Kier alpha value is -1.47. The summed E-state index contributed by atoms with van der Waals surface area (Å²) in [6, 6.07) is 5.09. The first kappa shape index (κ1) is 14.9. The predicted molar refractivity (Wildman–Crippen MR) is 68.9 cm³/mol. The fraction of sp³-hybridized carbons (Fsp3) is 0.0833. The number of hydrogen-bond donors (Lipinski definition) is 1. The average Bonchev–Trinajstić information content (AvgIpc) is 2.29. The number of benzene rings is 1. The quantitative estimate of drug-likeness (QED) is 0.851. The van der Waals surface area contributed by atoms with Gasteiger partial charge in [0.1, 0.15) is 11.3 Å². The van der Waals surface area contributed by atoms with E-state index in [9.17, 15) is 18.3 Å². The van der Waals surface area contributed by atoms with Gasteiger partial charge in [-0.3, -0.25) is 0 Å². The van der Waals surface area contributed by atoms with Gasteiger partial charge in [-0.1, -0.05) is 27.5 Å². The summed E-state index contributed by atoms with van der Waals surface area (Å²) in [5, 5.41) is 9.81. The van der Waals surface area contributed by atoms with E-state index in [1.165, 1.54) is 12.1 Å². The van der Waals surface area contributed by atoms with Gasteiger partial charge in [0.25, 0.3) is 5.75 Å². The van der Waals surface area contributed by atoms with Crippen LogP contribution in [0, 0.1) is 0 Å². The Morgan fingerprint density at radius 1 is 1.25 bits per heavy atom. The standard InChI is InChI=1S/C12H6BrClF3NO2/c13-6-3-7(14)5-8(4-6)20-10-9(12(15,16)17)1-2-18-11(10)19/h1-5H,(H,18,19)/p+1. The van der Waals surface area contributed by atoms with E-state index in [0.717, 1.165) is 12.3 Å². The number of aromatic nitrogens is 1. The average molecular weight is 370 g/mol. The van der Waals surface area contributed by atoms with Crippen molar-refractivity contribution in [2.75, 3.05) is 0 Å². The Bertz CT molecular complexity index is 629. The fourth-order valence-corrected chi connectivity index (χ4v) is 2.33. The van der Waals surface area contributed by atoms with Crippen molar-refractivity contribution in [1.29, 1.82) is 0 Å². The van der Waals surface area contributed by atoms with Gasteiger partial charge in [0, 0.05) is 15.6 Å². The van der Waals surface area contributed by atoms with Crippen molar-refractivity contribution < 1.29 is 28.0 Å². The number of aromatic amines is 1. The molecular weight excluding hydrogens is 362 g/mol. The van der Waals surface area contributed by atoms with Crippen molar-refractivity contribution in [1.82, 2.24) is 0 Å². The molecule has 1 aromatic heterocycles. The molecule has 2 rings (SSSR count). The van der Waals surface area contributed by atoms with Crippen molar-refractivity contribution in [3.63, 3.8) is 0 Å². The van der Waals surface area contributed by atoms with Crippen molar-refractivity contribution in [2.24, 2.45) is 0 Å². The molecule has 0 aliphatic heterocycles. The molecule has 8 heteroatoms. The fourth-order valence-electron chi connectivity index (χ4n) is 1.50. The summed E-state index contributed by atoms with van der Waals surface area (Å²) >= 11 is 8.93. The van der Waals surface area contributed by atoms with Gasteiger partial charge in [-0.15, -0.1) is 0 Å². The summed E-state index contributed by atoms with van der Waals surface area (Å²) in [5.41, 5.74) is -1.09. The Morgan fingerprint density at radius 3 is 2.55 bits per heavy atom. The molecule has 0 aliphatic carbocycles. The number of pyridine rings is 1. The van der Waals surface area contributed by atoms with E-state index in [1.54, 1.807) is 6.07 Å². The van der Waals surface area contributed by atoms with Crippen molar-refractivity contribution in [3.8, 4) is 17.4 Å². The highest BCUT2D eigenvalue weighted by Gasteiger charge is 2.38. The SMILES string of the molecule is Oc1[nH+]ccc(C(F)(F)F)c1Oc1cc(Cl)cc(Br)c1. The summed E-state index contributed by atoms with van der Waals surface area (Å²) in [5.74, 6) is -1.38. The molecule has 0 amide bonds. The van der Waals surface area contributed by atoms with Crippen LogP contribution in [0.4, 0.5) is 13.2 Å². The van der Waals surface area contributed by atoms with Gasteiger partial charge in [0.15, 0.2) is 6.20 Å². The Kier molecular flexibility index (Phi) is 4.10. The van der Waals surface area contributed by atoms with E-state index >= 15 is 0 Å². The summed E-state index contributed by atoms with van der Waals surface area (Å²) in [6.45, 7) is 0. The van der Waals surface area contributed by atoms with Crippen LogP contribution in [0.3, 0.4) is 0 Å². The Balaban J connectivity index is 2.48. The molecule has 0 fully saturated rings. The largest absolute Gasteiger partial charge is 0.457 e. The van der Waals surface area contributed by atoms with Crippen LogP contribution in [-0.2, 0) is 6.18 Å². The molecule has 3 nitrogen and oxygen atoms in total. The van der Waals surface area contributed by atoms with E-state index in [4.69, 9.17) is 16.3 Å². The number of rotatable bonds is 2. The first-order valence-corrected chi connectivity index (χ1v) is 6.39. The van der Waals surface area contributed by atoms with Crippen molar-refractivity contribution in [3.05, 3.63) is 45.5 Å². The van der Waals surface area contributed by atoms with Crippen LogP contribution in [0.1, 0.15) is 5.56 Å². The van der Waals surface area contributed by atoms with Crippen molar-refractivity contribution in [2.45, 2.75) is 6.18 Å². The molecule has 2 aromatic rings. The molecule has 0 aliphatic rings. The number of alkyl halides is 3. The second-order valence-corrected chi connectivity index (χ2v) is 5.13. The number of ether oxygens (including phenoxy) is 1. The maximum atomic E-state index is 12.8. The number of hydrogen-bond acceptors (Lipinski definition) is 2. The third kappa shape index (κ3) is 3.34. The van der Waals surface area contributed by atoms with Crippen LogP contribution in [0.5, 0.6) is 17.4 Å². The van der Waals surface area contributed by atoms with Gasteiger partial charge in [-0.2, -0.15) is 18.2 Å². The third-order valence-electron chi connectivity index (χ3n) is 2.29. The maximum Gasteiger partial charge on any atom is 0.420 e. The lowest BCUT2D eigenvalue weighted by atomic mass is 10.2. The molecule has 106 valence electrons. The van der Waals surface area contributed by atoms with Crippen LogP contribution >= 0.6 is 27.5 Å². The minimum absolute atomic E-state index is 0.0600. The number of nitrogens with one attached hydrogen (secondary N) is 1. The molecule has 2 N–H and O–H groups in total. The lowest BCUT2D eigenvalue weighted by Gasteiger charge is -2.12. The second kappa shape index (κ2) is 5.49. The van der Waals surface area contributed by atoms with Crippen LogP contribution in [0.2, 0.25) is 5.02 Å². The van der Waals surface area contributed by atoms with Crippen LogP contribution in [0.15, 0.2) is 34.9 Å². The highest BCUT2D eigenvalue weighted by molar-refractivity contribution is 9.10. The zero-order valence-electron chi connectivity index (χ0n) is 9.63. The van der Waals surface area contributed by atoms with E-state index < -0.39 is 23.4 Å². The number of H-pyrrole nitrogens is 1. The van der Waals surface area contributed by atoms with Gasteiger partial charge in [0.2, 0.25) is 0 Å². The number of halogens is 5. The first-order valence-electron chi connectivity index (χ1n) is 5.22. The molecule has 0 bridgehead atoms. The molecule has 0 saturated heterocycles. The third-order valence-corrected chi connectivity index (χ3v) is 2.97. The number of aromatic hydroxyl groups is 1. The Labute approximate surface area is 125 Å². The monoisotopic (exact) mass is 368 g/mol. The summed E-state index contributed by atoms with van der Waals surface area (Å²) < 4.78 is 44.2. The van der Waals surface area contributed by atoms with Crippen LogP contribution in [0.25, 0.3) is 0 Å². The lowest BCUT2D eigenvalue weighted by molar-refractivity contribution is -0.395. The molecular formula is C12H7BrClF3NO2+. The van der Waals surface area contributed by atoms with Gasteiger partial charge in [0.05, 0.1) is 0 Å². The van der Waals surface area contributed by atoms with Crippen LogP contribution in [-0.4, -0.2) is 5.11 Å². The zero-order valence-corrected chi connectivity index (χ0v) is 12.0. The molecule has 0 saturated carbocycles. The zero-order chi connectivity index (χ0) is 14.9. The first-order chi connectivity index (χ1) is 9.27.